The van der Waals surface area contributed by atoms with E-state index in [1.54, 1.807) is 48.8 Å². The van der Waals surface area contributed by atoms with Gasteiger partial charge in [0, 0.05) is 23.6 Å². The summed E-state index contributed by atoms with van der Waals surface area (Å²) in [5.74, 6) is -0.162. The second-order valence-electron chi connectivity index (χ2n) is 4.44. The first-order valence-electron chi connectivity index (χ1n) is 6.14. The van der Waals surface area contributed by atoms with Gasteiger partial charge in [0.25, 0.3) is 0 Å². The fourth-order valence-corrected chi connectivity index (χ4v) is 2.22. The highest BCUT2D eigenvalue weighted by Gasteiger charge is 2.04. The van der Waals surface area contributed by atoms with Gasteiger partial charge < -0.3 is 0 Å². The van der Waals surface area contributed by atoms with Crippen LogP contribution in [0.1, 0.15) is 15.9 Å². The number of carbonyl (C=O) groups is 1. The van der Waals surface area contributed by atoms with Crippen LogP contribution in [0, 0.1) is 0 Å². The third-order valence-electron chi connectivity index (χ3n) is 2.58. The van der Waals surface area contributed by atoms with Crippen molar-refractivity contribution in [2.45, 2.75) is 0 Å². The smallest absolute Gasteiger partial charge is 0.229 e. The molecule has 0 amide bonds. The van der Waals surface area contributed by atoms with E-state index in [1.807, 2.05) is 6.07 Å². The van der Waals surface area contributed by atoms with Gasteiger partial charge >= 0.3 is 0 Å². The Morgan fingerprint density at radius 3 is 2.48 bits per heavy atom. The third kappa shape index (κ3) is 4.85. The van der Waals surface area contributed by atoms with Crippen molar-refractivity contribution in [3.63, 3.8) is 0 Å². The van der Waals surface area contributed by atoms with Crippen molar-refractivity contribution in [3.05, 3.63) is 66.0 Å². The van der Waals surface area contributed by atoms with Gasteiger partial charge in [0.15, 0.2) is 5.78 Å². The van der Waals surface area contributed by atoms with E-state index < -0.39 is 10.0 Å². The summed E-state index contributed by atoms with van der Waals surface area (Å²) in [6.45, 7) is 0. The second-order valence-corrected chi connectivity index (χ2v) is 6.18. The number of rotatable bonds is 5. The lowest BCUT2D eigenvalue weighted by Crippen LogP contribution is -2.09. The highest BCUT2D eigenvalue weighted by molar-refractivity contribution is 7.92. The Kier molecular flexibility index (Phi) is 4.49. The molecule has 0 radical (unpaired) electrons. The van der Waals surface area contributed by atoms with Crippen molar-refractivity contribution < 1.29 is 13.2 Å². The minimum atomic E-state index is -3.31. The summed E-state index contributed by atoms with van der Waals surface area (Å²) in [7, 11) is -3.31. The van der Waals surface area contributed by atoms with Crippen molar-refractivity contribution in [2.24, 2.45) is 0 Å². The molecular weight excluding hydrogens is 288 g/mol. The van der Waals surface area contributed by atoms with Crippen LogP contribution in [0.3, 0.4) is 0 Å². The molecule has 0 unspecified atom stereocenters. The van der Waals surface area contributed by atoms with Crippen LogP contribution in [0.5, 0.6) is 0 Å². The summed E-state index contributed by atoms with van der Waals surface area (Å²) in [6, 6.07) is 9.87. The van der Waals surface area contributed by atoms with Gasteiger partial charge in [-0.3, -0.25) is 14.5 Å². The average molecular weight is 302 g/mol. The molecule has 0 spiro atoms. The van der Waals surface area contributed by atoms with Crippen molar-refractivity contribution in [1.82, 2.24) is 4.98 Å². The van der Waals surface area contributed by atoms with Crippen molar-refractivity contribution in [3.8, 4) is 0 Å². The second kappa shape index (κ2) is 6.32. The predicted molar refractivity (Wildman–Crippen MR) is 82.5 cm³/mol. The number of allylic oxidation sites excluding steroid dienone is 1. The first-order chi connectivity index (χ1) is 9.94. The number of nitrogens with one attached hydrogen (secondary N) is 1. The monoisotopic (exact) mass is 302 g/mol. The van der Waals surface area contributed by atoms with Gasteiger partial charge in [-0.2, -0.15) is 0 Å². The molecular formula is C15H14N2O3S. The molecule has 2 rings (SSSR count). The summed E-state index contributed by atoms with van der Waals surface area (Å²) >= 11 is 0. The topological polar surface area (TPSA) is 76.1 Å². The molecule has 1 heterocycles. The Labute approximate surface area is 123 Å². The zero-order chi connectivity index (χ0) is 15.3. The fourth-order valence-electron chi connectivity index (χ4n) is 1.66. The zero-order valence-corrected chi connectivity index (χ0v) is 12.2. The third-order valence-corrected chi connectivity index (χ3v) is 3.19. The standard InChI is InChI=1S/C15H14N2O3S/c1-21(19,20)17-14-7-5-13(6-8-14)15(18)9-4-12-3-2-10-16-11-12/h2-11,17H,1H3. The molecule has 1 aromatic carbocycles. The summed E-state index contributed by atoms with van der Waals surface area (Å²) in [4.78, 5) is 15.9. The van der Waals surface area contributed by atoms with Crippen molar-refractivity contribution in [2.75, 3.05) is 11.0 Å². The van der Waals surface area contributed by atoms with Crippen molar-refractivity contribution >= 4 is 27.6 Å². The Morgan fingerprint density at radius 1 is 1.19 bits per heavy atom. The number of hydrogen-bond donors (Lipinski definition) is 1. The van der Waals surface area contributed by atoms with Crippen LogP contribution in [-0.4, -0.2) is 25.4 Å². The predicted octanol–water partition coefficient (Wildman–Crippen LogP) is 2.35. The molecule has 2 aromatic rings. The number of carbonyl (C=O) groups excluding carboxylic acids is 1. The van der Waals surface area contributed by atoms with Crippen LogP contribution < -0.4 is 4.72 Å². The highest BCUT2D eigenvalue weighted by atomic mass is 32.2. The normalized spacial score (nSPS) is 11.5. The van der Waals surface area contributed by atoms with Gasteiger partial charge in [-0.1, -0.05) is 6.07 Å². The molecule has 108 valence electrons. The molecule has 21 heavy (non-hydrogen) atoms. The molecule has 0 saturated heterocycles. The molecule has 1 aromatic heterocycles. The van der Waals surface area contributed by atoms with Crippen LogP contribution in [0.25, 0.3) is 6.08 Å². The SMILES string of the molecule is CS(=O)(=O)Nc1ccc(C(=O)C=Cc2cccnc2)cc1. The zero-order valence-electron chi connectivity index (χ0n) is 11.4. The van der Waals surface area contributed by atoms with Crippen LogP contribution in [0.2, 0.25) is 0 Å². The Balaban J connectivity index is 2.08. The summed E-state index contributed by atoms with van der Waals surface area (Å²) in [5, 5.41) is 0. The van der Waals surface area contributed by atoms with E-state index in [2.05, 4.69) is 9.71 Å². The van der Waals surface area contributed by atoms with Crippen molar-refractivity contribution in [1.29, 1.82) is 0 Å². The summed E-state index contributed by atoms with van der Waals surface area (Å²) < 4.78 is 24.5. The fraction of sp³-hybridized carbons (Fsp3) is 0.0667. The minimum absolute atomic E-state index is 0.162. The minimum Gasteiger partial charge on any atom is -0.289 e. The summed E-state index contributed by atoms with van der Waals surface area (Å²) in [6.07, 6.45) is 7.52. The maximum atomic E-state index is 12.0. The van der Waals surface area contributed by atoms with E-state index in [9.17, 15) is 13.2 Å². The van der Waals surface area contributed by atoms with Crippen LogP contribution in [0.4, 0.5) is 5.69 Å². The van der Waals surface area contributed by atoms with E-state index in [1.165, 1.54) is 6.08 Å². The number of aromatic nitrogens is 1. The quantitative estimate of drug-likeness (QED) is 0.679. The number of benzene rings is 1. The highest BCUT2D eigenvalue weighted by Crippen LogP contribution is 2.12. The van der Waals surface area contributed by atoms with Gasteiger partial charge in [0.05, 0.1) is 6.26 Å². The van der Waals surface area contributed by atoms with Gasteiger partial charge in [0.1, 0.15) is 0 Å². The van der Waals surface area contributed by atoms with E-state index in [4.69, 9.17) is 0 Å². The lowest BCUT2D eigenvalue weighted by Gasteiger charge is -2.03. The molecule has 0 bridgehead atoms. The van der Waals surface area contributed by atoms with Gasteiger partial charge in [0.2, 0.25) is 10.0 Å². The Hall–Kier alpha value is -2.47. The largest absolute Gasteiger partial charge is 0.289 e. The van der Waals surface area contributed by atoms with Crippen LogP contribution in [-0.2, 0) is 10.0 Å². The maximum Gasteiger partial charge on any atom is 0.229 e. The summed E-state index contributed by atoms with van der Waals surface area (Å²) in [5.41, 5.74) is 1.74. The molecule has 1 N–H and O–H groups in total. The number of ketones is 1. The molecule has 0 atom stereocenters. The van der Waals surface area contributed by atoms with Gasteiger partial charge in [-0.05, 0) is 48.0 Å². The first kappa shape index (κ1) is 14.9. The number of pyridine rings is 1. The molecule has 5 nitrogen and oxygen atoms in total. The van der Waals surface area contributed by atoms with E-state index in [-0.39, 0.29) is 5.78 Å². The lowest BCUT2D eigenvalue weighted by atomic mass is 10.1. The first-order valence-corrected chi connectivity index (χ1v) is 8.03. The number of hydrogen-bond acceptors (Lipinski definition) is 4. The molecule has 0 aliphatic carbocycles. The molecule has 0 saturated carbocycles. The Bertz CT molecular complexity index is 751. The number of sulfonamides is 1. The molecule has 0 aliphatic rings. The Morgan fingerprint density at radius 2 is 1.90 bits per heavy atom. The van der Waals surface area contributed by atoms with E-state index >= 15 is 0 Å². The van der Waals surface area contributed by atoms with Crippen LogP contribution >= 0.6 is 0 Å². The molecule has 6 heteroatoms. The lowest BCUT2D eigenvalue weighted by molar-refractivity contribution is 0.104. The molecule has 0 fully saturated rings. The number of anilines is 1. The van der Waals surface area contributed by atoms with E-state index in [0.717, 1.165) is 11.8 Å². The van der Waals surface area contributed by atoms with E-state index in [0.29, 0.717) is 11.3 Å². The average Bonchev–Trinajstić information content (AvgIpc) is 2.45. The van der Waals surface area contributed by atoms with Gasteiger partial charge in [-0.15, -0.1) is 0 Å². The maximum absolute atomic E-state index is 12.0. The number of nitrogens with zero attached hydrogens (tertiary/aromatic N) is 1. The van der Waals surface area contributed by atoms with Gasteiger partial charge in [-0.25, -0.2) is 8.42 Å². The molecule has 0 aliphatic heterocycles. The van der Waals surface area contributed by atoms with Crippen LogP contribution in [0.15, 0.2) is 54.9 Å².